The van der Waals surface area contributed by atoms with Crippen molar-refractivity contribution in [2.24, 2.45) is 5.73 Å². The highest BCUT2D eigenvalue weighted by Gasteiger charge is 2.17. The Labute approximate surface area is 166 Å². The van der Waals surface area contributed by atoms with Gasteiger partial charge in [-0.2, -0.15) is 0 Å². The van der Waals surface area contributed by atoms with Gasteiger partial charge in [-0.05, 0) is 36.4 Å². The molecule has 4 N–H and O–H groups in total. The molecule has 0 saturated carbocycles. The first-order chi connectivity index (χ1) is 13.6. The van der Waals surface area contributed by atoms with Gasteiger partial charge in [0.15, 0.2) is 0 Å². The number of primary amides is 1. The Morgan fingerprint density at radius 2 is 1.72 bits per heavy atom. The second-order valence-electron chi connectivity index (χ2n) is 6.31. The van der Waals surface area contributed by atoms with Crippen LogP contribution >= 0.6 is 0 Å². The third-order valence-corrected chi connectivity index (χ3v) is 4.78. The van der Waals surface area contributed by atoms with Gasteiger partial charge in [-0.25, -0.2) is 13.1 Å². The lowest BCUT2D eigenvalue weighted by atomic mass is 10.1. The van der Waals surface area contributed by atoms with Crippen molar-refractivity contribution in [1.29, 1.82) is 0 Å². The lowest BCUT2D eigenvalue weighted by molar-refractivity contribution is 0.0978. The lowest BCUT2D eigenvalue weighted by Gasteiger charge is -2.15. The van der Waals surface area contributed by atoms with Crippen molar-refractivity contribution in [2.75, 3.05) is 18.6 Å². The maximum atomic E-state index is 13.0. The van der Waals surface area contributed by atoms with E-state index < -0.39 is 27.4 Å². The lowest BCUT2D eigenvalue weighted by Crippen LogP contribution is -2.30. The molecule has 0 aliphatic carbocycles. The van der Waals surface area contributed by atoms with Gasteiger partial charge < -0.3 is 11.1 Å². The number of nitrogens with one attached hydrogen (secondary N) is 2. The van der Waals surface area contributed by atoms with Crippen LogP contribution in [0.5, 0.6) is 0 Å². The van der Waals surface area contributed by atoms with E-state index in [4.69, 9.17) is 5.73 Å². The molecule has 1 heterocycles. The molecule has 29 heavy (non-hydrogen) atoms. The zero-order chi connectivity index (χ0) is 21.3. The first-order valence-electron chi connectivity index (χ1n) is 8.41. The van der Waals surface area contributed by atoms with Crippen LogP contribution in [0.15, 0.2) is 53.3 Å². The monoisotopic (exact) mass is 414 g/mol. The average Bonchev–Trinajstić information content (AvgIpc) is 2.65. The van der Waals surface area contributed by atoms with Crippen molar-refractivity contribution in [2.45, 2.75) is 0 Å². The van der Waals surface area contributed by atoms with Crippen LogP contribution in [0.25, 0.3) is 16.6 Å². The summed E-state index contributed by atoms with van der Waals surface area (Å²) in [6.45, 7) is 0. The molecule has 1 aromatic heterocycles. The van der Waals surface area contributed by atoms with Gasteiger partial charge in [0.05, 0.1) is 17.5 Å². The fraction of sp³-hybridized carbons (Fsp3) is 0.105. The molecule has 3 rings (SSSR count). The van der Waals surface area contributed by atoms with E-state index in [-0.39, 0.29) is 11.1 Å². The number of fused-ring (bicyclic) bond motifs is 1. The number of hydrogen-bond donors (Lipinski definition) is 3. The third-order valence-electron chi connectivity index (χ3n) is 4.22. The van der Waals surface area contributed by atoms with Crippen LogP contribution in [-0.4, -0.2) is 38.1 Å². The molecular weight excluding hydrogens is 396 g/mol. The number of benzene rings is 2. The molecule has 0 bridgehead atoms. The fourth-order valence-electron chi connectivity index (χ4n) is 2.98. The predicted octanol–water partition coefficient (Wildman–Crippen LogP) is 0.821. The first kappa shape index (κ1) is 20.1. The largest absolute Gasteiger partial charge is 0.386 e. The molecule has 3 aromatic rings. The average molecular weight is 414 g/mol. The van der Waals surface area contributed by atoms with Crippen molar-refractivity contribution in [3.8, 4) is 5.69 Å². The molecule has 0 unspecified atom stereocenters. The van der Waals surface area contributed by atoms with E-state index in [1.54, 1.807) is 25.2 Å². The number of pyridine rings is 1. The summed E-state index contributed by atoms with van der Waals surface area (Å²) in [5, 5.41) is 3.62. The molecule has 0 radical (unpaired) electrons. The van der Waals surface area contributed by atoms with E-state index in [1.807, 2.05) is 4.72 Å². The van der Waals surface area contributed by atoms with E-state index in [0.29, 0.717) is 22.3 Å². The molecular formula is C19H18N4O5S. The topological polar surface area (TPSA) is 140 Å². The molecule has 2 amide bonds. The number of nitrogens with two attached hydrogens (primary N) is 1. The van der Waals surface area contributed by atoms with Crippen molar-refractivity contribution in [1.82, 2.24) is 9.29 Å². The van der Waals surface area contributed by atoms with E-state index in [9.17, 15) is 22.8 Å². The highest BCUT2D eigenvalue weighted by atomic mass is 32.2. The van der Waals surface area contributed by atoms with E-state index in [0.717, 1.165) is 6.26 Å². The quantitative estimate of drug-likeness (QED) is 0.565. The summed E-state index contributed by atoms with van der Waals surface area (Å²) in [6, 6.07) is 12.4. The highest BCUT2D eigenvalue weighted by Crippen LogP contribution is 2.25. The number of aromatic nitrogens is 1. The summed E-state index contributed by atoms with van der Waals surface area (Å²) in [6.07, 6.45) is 0.875. The van der Waals surface area contributed by atoms with Gasteiger partial charge in [-0.15, -0.1) is 0 Å². The van der Waals surface area contributed by atoms with Crippen LogP contribution < -0.4 is 21.3 Å². The Hall–Kier alpha value is -3.66. The van der Waals surface area contributed by atoms with Crippen LogP contribution in [0.4, 0.5) is 5.69 Å². The first-order valence-corrected chi connectivity index (χ1v) is 10.3. The standard InChI is InChI=1S/C19H18N4O5S/c1-21-15-5-3-4-12-10-14(17(20)24)19(26)23(16(12)15)13-8-6-11(7-9-13)18(25)22-29(2,27)28/h3-10,21H,1-2H3,(H2,20,24)(H,22,25). The summed E-state index contributed by atoms with van der Waals surface area (Å²) >= 11 is 0. The number of hydrogen-bond acceptors (Lipinski definition) is 6. The van der Waals surface area contributed by atoms with Crippen LogP contribution in [-0.2, 0) is 10.0 Å². The number of anilines is 1. The third kappa shape index (κ3) is 3.97. The van der Waals surface area contributed by atoms with Gasteiger partial charge in [0.2, 0.25) is 10.0 Å². The van der Waals surface area contributed by atoms with Crippen molar-refractivity contribution in [3.05, 3.63) is 70.0 Å². The van der Waals surface area contributed by atoms with Gasteiger partial charge in [-0.3, -0.25) is 19.0 Å². The fourth-order valence-corrected chi connectivity index (χ4v) is 3.44. The summed E-state index contributed by atoms with van der Waals surface area (Å²) in [4.78, 5) is 36.7. The van der Waals surface area contributed by atoms with E-state index in [2.05, 4.69) is 5.32 Å². The minimum absolute atomic E-state index is 0.0939. The molecule has 0 atom stereocenters. The van der Waals surface area contributed by atoms with Crippen LogP contribution in [0.3, 0.4) is 0 Å². The number of amides is 2. The molecule has 0 aliphatic rings. The molecule has 0 aliphatic heterocycles. The van der Waals surface area contributed by atoms with E-state index >= 15 is 0 Å². The van der Waals surface area contributed by atoms with Gasteiger partial charge >= 0.3 is 0 Å². The number of para-hydroxylation sites is 1. The number of carbonyl (C=O) groups is 2. The smallest absolute Gasteiger partial charge is 0.268 e. The summed E-state index contributed by atoms with van der Waals surface area (Å²) in [7, 11) is -2.01. The van der Waals surface area contributed by atoms with Crippen LogP contribution in [0.2, 0.25) is 0 Å². The van der Waals surface area contributed by atoms with Crippen LogP contribution in [0, 0.1) is 0 Å². The number of sulfonamides is 1. The Balaban J connectivity index is 2.23. The summed E-state index contributed by atoms with van der Waals surface area (Å²) in [5.41, 5.74) is 6.23. The van der Waals surface area contributed by atoms with Crippen molar-refractivity contribution >= 4 is 38.4 Å². The van der Waals surface area contributed by atoms with E-state index in [1.165, 1.54) is 34.9 Å². The molecule has 0 fully saturated rings. The van der Waals surface area contributed by atoms with Gasteiger partial charge in [0.25, 0.3) is 17.4 Å². The molecule has 2 aromatic carbocycles. The second-order valence-corrected chi connectivity index (χ2v) is 8.05. The summed E-state index contributed by atoms with van der Waals surface area (Å²) < 4.78 is 25.7. The Bertz CT molecular complexity index is 1290. The second kappa shape index (κ2) is 7.40. The zero-order valence-corrected chi connectivity index (χ0v) is 16.4. The maximum Gasteiger partial charge on any atom is 0.268 e. The zero-order valence-electron chi connectivity index (χ0n) is 15.6. The normalized spacial score (nSPS) is 11.2. The molecule has 150 valence electrons. The minimum atomic E-state index is -3.71. The Kier molecular flexibility index (Phi) is 5.12. The highest BCUT2D eigenvalue weighted by molar-refractivity contribution is 7.89. The minimum Gasteiger partial charge on any atom is -0.386 e. The SMILES string of the molecule is CNc1cccc2cc(C(N)=O)c(=O)n(-c3ccc(C(=O)NS(C)(=O)=O)cc3)c12. The van der Waals surface area contributed by atoms with Gasteiger partial charge in [0, 0.05) is 23.7 Å². The van der Waals surface area contributed by atoms with Crippen molar-refractivity contribution < 1.29 is 18.0 Å². The van der Waals surface area contributed by atoms with Gasteiger partial charge in [-0.1, -0.05) is 12.1 Å². The molecule has 10 heteroatoms. The van der Waals surface area contributed by atoms with Crippen molar-refractivity contribution in [3.63, 3.8) is 0 Å². The van der Waals surface area contributed by atoms with Gasteiger partial charge in [0.1, 0.15) is 5.56 Å². The molecule has 0 saturated heterocycles. The number of nitrogens with zero attached hydrogens (tertiary/aromatic N) is 1. The Morgan fingerprint density at radius 3 is 2.28 bits per heavy atom. The maximum absolute atomic E-state index is 13.0. The molecule has 0 spiro atoms. The Morgan fingerprint density at radius 1 is 1.07 bits per heavy atom. The number of carbonyl (C=O) groups excluding carboxylic acids is 2. The molecule has 9 nitrogen and oxygen atoms in total. The van der Waals surface area contributed by atoms with Crippen LogP contribution in [0.1, 0.15) is 20.7 Å². The summed E-state index contributed by atoms with van der Waals surface area (Å²) in [5.74, 6) is -1.65. The number of rotatable bonds is 5. The predicted molar refractivity (Wildman–Crippen MR) is 110 cm³/mol.